The smallest absolute Gasteiger partial charge is 0.277 e. The molecular weight excluding hydrogens is 338 g/mol. The fourth-order valence-electron chi connectivity index (χ4n) is 3.26. The lowest BCUT2D eigenvalue weighted by molar-refractivity contribution is 0.0874. The van der Waals surface area contributed by atoms with E-state index in [-0.39, 0.29) is 17.9 Å². The number of nitrogens with zero attached hydrogens (tertiary/aromatic N) is 3. The summed E-state index contributed by atoms with van der Waals surface area (Å²) in [5.74, 6) is 0.210. The molecule has 1 amide bonds. The van der Waals surface area contributed by atoms with Gasteiger partial charge >= 0.3 is 0 Å². The molecular formula is C14H15N3O4S2. The van der Waals surface area contributed by atoms with Gasteiger partial charge in [0.05, 0.1) is 16.0 Å². The lowest BCUT2D eigenvalue weighted by Crippen LogP contribution is -2.32. The van der Waals surface area contributed by atoms with E-state index in [1.54, 1.807) is 11.5 Å². The second-order valence-electron chi connectivity index (χ2n) is 5.87. The van der Waals surface area contributed by atoms with Crippen molar-refractivity contribution < 1.29 is 13.2 Å². The average Bonchev–Trinajstić information content (AvgIpc) is 3.16. The molecule has 1 fully saturated rings. The van der Waals surface area contributed by atoms with Crippen LogP contribution in [0.1, 0.15) is 33.9 Å². The molecule has 0 bridgehead atoms. The third-order valence-corrected chi connectivity index (χ3v) is 7.43. The van der Waals surface area contributed by atoms with Crippen molar-refractivity contribution in [2.24, 2.45) is 0 Å². The highest BCUT2D eigenvalue weighted by molar-refractivity contribution is 7.89. The standard InChI is InChI=1S/C14H15N3O4S2/c1-8-10-12(15-9-4-2-5-16(9)13(10)18)22-11(8)14(19)17-6-3-7-23(17,20)21/h2-7H2,1H3. The monoisotopic (exact) mass is 353 g/mol. The van der Waals surface area contributed by atoms with Crippen molar-refractivity contribution >= 4 is 37.5 Å². The molecule has 0 radical (unpaired) electrons. The van der Waals surface area contributed by atoms with Gasteiger partial charge in [0.1, 0.15) is 10.7 Å². The molecule has 7 nitrogen and oxygen atoms in total. The summed E-state index contributed by atoms with van der Waals surface area (Å²) in [6, 6.07) is 0. The third kappa shape index (κ3) is 2.06. The van der Waals surface area contributed by atoms with E-state index in [1.165, 1.54) is 0 Å². The van der Waals surface area contributed by atoms with Crippen LogP contribution < -0.4 is 5.56 Å². The molecule has 2 aromatic rings. The maximum absolute atomic E-state index is 12.6. The van der Waals surface area contributed by atoms with Gasteiger partial charge in [0.15, 0.2) is 0 Å². The minimum Gasteiger partial charge on any atom is -0.296 e. The first-order chi connectivity index (χ1) is 10.9. The van der Waals surface area contributed by atoms with Crippen LogP contribution in [-0.2, 0) is 23.0 Å². The summed E-state index contributed by atoms with van der Waals surface area (Å²) in [5.41, 5.74) is 0.413. The summed E-state index contributed by atoms with van der Waals surface area (Å²) >= 11 is 1.12. The number of hydrogen-bond donors (Lipinski definition) is 0. The van der Waals surface area contributed by atoms with Crippen LogP contribution in [0, 0.1) is 6.92 Å². The van der Waals surface area contributed by atoms with Crippen LogP contribution >= 0.6 is 11.3 Å². The van der Waals surface area contributed by atoms with Crippen molar-refractivity contribution in [3.8, 4) is 0 Å². The highest BCUT2D eigenvalue weighted by atomic mass is 32.2. The molecule has 23 heavy (non-hydrogen) atoms. The minimum absolute atomic E-state index is 0.00210. The van der Waals surface area contributed by atoms with Crippen LogP contribution in [0.4, 0.5) is 0 Å². The Labute approximate surface area is 136 Å². The third-order valence-electron chi connectivity index (χ3n) is 4.43. The molecule has 2 aliphatic heterocycles. The van der Waals surface area contributed by atoms with Gasteiger partial charge in [-0.3, -0.25) is 14.2 Å². The molecule has 0 aromatic carbocycles. The number of aryl methyl sites for hydroxylation is 2. The molecule has 0 unspecified atom stereocenters. The number of carbonyl (C=O) groups is 1. The summed E-state index contributed by atoms with van der Waals surface area (Å²) in [7, 11) is -3.52. The highest BCUT2D eigenvalue weighted by Crippen LogP contribution is 2.31. The molecule has 122 valence electrons. The Morgan fingerprint density at radius 2 is 2.04 bits per heavy atom. The van der Waals surface area contributed by atoms with Crippen molar-refractivity contribution in [2.45, 2.75) is 32.7 Å². The zero-order chi connectivity index (χ0) is 16.4. The minimum atomic E-state index is -3.52. The molecule has 0 N–H and O–H groups in total. The lowest BCUT2D eigenvalue weighted by Gasteiger charge is -2.13. The van der Waals surface area contributed by atoms with Crippen LogP contribution in [0.5, 0.6) is 0 Å². The first-order valence-corrected chi connectivity index (χ1v) is 9.90. The molecule has 0 atom stereocenters. The van der Waals surface area contributed by atoms with Crippen LogP contribution in [0.2, 0.25) is 0 Å². The van der Waals surface area contributed by atoms with Gasteiger partial charge in [0, 0.05) is 19.5 Å². The van der Waals surface area contributed by atoms with Crippen LogP contribution in [0.3, 0.4) is 0 Å². The number of sulfonamides is 1. The van der Waals surface area contributed by atoms with Gasteiger partial charge in [-0.25, -0.2) is 17.7 Å². The molecule has 2 aliphatic rings. The molecule has 0 aliphatic carbocycles. The zero-order valence-electron chi connectivity index (χ0n) is 12.5. The summed E-state index contributed by atoms with van der Waals surface area (Å²) < 4.78 is 26.5. The summed E-state index contributed by atoms with van der Waals surface area (Å²) in [5, 5.41) is 0.445. The SMILES string of the molecule is Cc1c(C(=O)N2CCCS2(=O)=O)sc2nc3n(c(=O)c12)CCC3. The zero-order valence-corrected chi connectivity index (χ0v) is 14.2. The Morgan fingerprint density at radius 3 is 2.74 bits per heavy atom. The van der Waals surface area contributed by atoms with Gasteiger partial charge in [-0.05, 0) is 25.3 Å². The topological polar surface area (TPSA) is 89.3 Å². The van der Waals surface area contributed by atoms with Crippen LogP contribution in [-0.4, -0.2) is 40.5 Å². The van der Waals surface area contributed by atoms with Gasteiger partial charge in [-0.15, -0.1) is 11.3 Å². The van der Waals surface area contributed by atoms with Crippen LogP contribution in [0.25, 0.3) is 10.2 Å². The van der Waals surface area contributed by atoms with Crippen molar-refractivity contribution in [3.05, 3.63) is 26.6 Å². The van der Waals surface area contributed by atoms with E-state index in [0.717, 1.165) is 34.3 Å². The van der Waals surface area contributed by atoms with Crippen LogP contribution in [0.15, 0.2) is 4.79 Å². The maximum atomic E-state index is 12.6. The average molecular weight is 353 g/mol. The quantitative estimate of drug-likeness (QED) is 0.759. The van der Waals surface area contributed by atoms with Gasteiger partial charge in [0.25, 0.3) is 11.5 Å². The number of amides is 1. The Hall–Kier alpha value is -1.74. The fraction of sp³-hybridized carbons (Fsp3) is 0.500. The Morgan fingerprint density at radius 1 is 1.26 bits per heavy atom. The summed E-state index contributed by atoms with van der Waals surface area (Å²) in [4.78, 5) is 30.6. The molecule has 9 heteroatoms. The van der Waals surface area contributed by atoms with E-state index in [2.05, 4.69) is 4.98 Å². The molecule has 4 rings (SSSR count). The Kier molecular flexibility index (Phi) is 3.14. The summed E-state index contributed by atoms with van der Waals surface area (Å²) in [6.45, 7) is 2.55. The lowest BCUT2D eigenvalue weighted by atomic mass is 10.2. The van der Waals surface area contributed by atoms with E-state index in [0.29, 0.717) is 33.6 Å². The van der Waals surface area contributed by atoms with Crippen molar-refractivity contribution in [1.29, 1.82) is 0 Å². The molecule has 2 aromatic heterocycles. The molecule has 0 saturated carbocycles. The summed E-state index contributed by atoms with van der Waals surface area (Å²) in [6.07, 6.45) is 2.11. The Bertz CT molecular complexity index is 1000. The first-order valence-electron chi connectivity index (χ1n) is 7.48. The number of thiophene rings is 1. The largest absolute Gasteiger partial charge is 0.296 e. The number of fused-ring (bicyclic) bond motifs is 2. The Balaban J connectivity index is 1.90. The van der Waals surface area contributed by atoms with E-state index in [1.807, 2.05) is 0 Å². The predicted octanol–water partition coefficient (Wildman–Crippen LogP) is 0.888. The fourth-order valence-corrected chi connectivity index (χ4v) is 5.92. The van der Waals surface area contributed by atoms with Gasteiger partial charge in [-0.2, -0.15) is 0 Å². The molecule has 4 heterocycles. The van der Waals surface area contributed by atoms with E-state index >= 15 is 0 Å². The second-order valence-corrected chi connectivity index (χ2v) is 8.88. The second kappa shape index (κ2) is 4.88. The van der Waals surface area contributed by atoms with Gasteiger partial charge < -0.3 is 0 Å². The van der Waals surface area contributed by atoms with Crippen molar-refractivity contribution in [2.75, 3.05) is 12.3 Å². The molecule has 0 spiro atoms. The van der Waals surface area contributed by atoms with E-state index < -0.39 is 15.9 Å². The normalized spacial score (nSPS) is 19.4. The van der Waals surface area contributed by atoms with Gasteiger partial charge in [0.2, 0.25) is 10.0 Å². The van der Waals surface area contributed by atoms with Crippen molar-refractivity contribution in [1.82, 2.24) is 13.9 Å². The number of rotatable bonds is 1. The number of aromatic nitrogens is 2. The molecule has 1 saturated heterocycles. The van der Waals surface area contributed by atoms with E-state index in [4.69, 9.17) is 0 Å². The van der Waals surface area contributed by atoms with Crippen molar-refractivity contribution in [3.63, 3.8) is 0 Å². The maximum Gasteiger partial charge on any atom is 0.277 e. The highest BCUT2D eigenvalue weighted by Gasteiger charge is 2.35. The number of carbonyl (C=O) groups excluding carboxylic acids is 1. The first kappa shape index (κ1) is 14.8. The predicted molar refractivity (Wildman–Crippen MR) is 86.4 cm³/mol. The van der Waals surface area contributed by atoms with Gasteiger partial charge in [-0.1, -0.05) is 0 Å². The number of hydrogen-bond acceptors (Lipinski definition) is 6. The van der Waals surface area contributed by atoms with E-state index in [9.17, 15) is 18.0 Å².